The molecule has 0 aliphatic carbocycles. The summed E-state index contributed by atoms with van der Waals surface area (Å²) in [6, 6.07) is 2.10. The van der Waals surface area contributed by atoms with Gasteiger partial charge < -0.3 is 0 Å². The summed E-state index contributed by atoms with van der Waals surface area (Å²) in [5.74, 6) is -0.459. The lowest BCUT2D eigenvalue weighted by Crippen LogP contribution is -2.42. The minimum atomic E-state index is -4.75. The highest BCUT2D eigenvalue weighted by Crippen LogP contribution is 2.34. The minimum absolute atomic E-state index is 0.0968. The van der Waals surface area contributed by atoms with Crippen molar-refractivity contribution in [1.82, 2.24) is 4.98 Å². The normalized spacial score (nSPS) is 11.7. The van der Waals surface area contributed by atoms with Gasteiger partial charge in [0.1, 0.15) is 6.07 Å². The number of nitriles is 1. The number of carbonyl (C=O) groups is 1. The van der Waals surface area contributed by atoms with E-state index in [1.54, 1.807) is 20.8 Å². The van der Waals surface area contributed by atoms with Crippen LogP contribution >= 0.6 is 12.2 Å². The van der Waals surface area contributed by atoms with Gasteiger partial charge >= 0.3 is 6.18 Å². The molecule has 0 radical (unpaired) electrons. The van der Waals surface area contributed by atoms with E-state index in [4.69, 9.17) is 17.5 Å². The second-order valence-electron chi connectivity index (χ2n) is 5.61. The van der Waals surface area contributed by atoms with Gasteiger partial charge in [-0.05, 0) is 13.0 Å². The van der Waals surface area contributed by atoms with Crippen molar-refractivity contribution in [2.45, 2.75) is 33.9 Å². The average Bonchev–Trinajstić information content (AvgIpc) is 2.36. The van der Waals surface area contributed by atoms with E-state index in [9.17, 15) is 18.0 Å². The van der Waals surface area contributed by atoms with Crippen molar-refractivity contribution in [2.24, 2.45) is 5.41 Å². The molecule has 22 heavy (non-hydrogen) atoms. The highest BCUT2D eigenvalue weighted by atomic mass is 32.1. The molecule has 0 bridgehead atoms. The fourth-order valence-electron chi connectivity index (χ4n) is 1.66. The molecule has 0 atom stereocenters. The molecule has 0 aliphatic rings. The Morgan fingerprint density at radius 2 is 1.91 bits per heavy atom. The van der Waals surface area contributed by atoms with Crippen LogP contribution in [0.2, 0.25) is 0 Å². The van der Waals surface area contributed by atoms with Crippen LogP contribution in [0, 0.1) is 16.7 Å². The van der Waals surface area contributed by atoms with Gasteiger partial charge in [-0.3, -0.25) is 9.69 Å². The van der Waals surface area contributed by atoms with Crippen molar-refractivity contribution >= 4 is 28.8 Å². The molecular formula is C14H14F3N3OS. The van der Waals surface area contributed by atoms with Gasteiger partial charge in [-0.25, -0.2) is 4.98 Å². The number of alkyl halides is 3. The maximum absolute atomic E-state index is 13.0. The van der Waals surface area contributed by atoms with Crippen molar-refractivity contribution in [3.63, 3.8) is 0 Å². The fourth-order valence-corrected chi connectivity index (χ4v) is 1.85. The lowest BCUT2D eigenvalue weighted by atomic mass is 9.94. The Morgan fingerprint density at radius 3 is 2.27 bits per heavy atom. The number of amides is 1. The van der Waals surface area contributed by atoms with E-state index in [1.807, 2.05) is 0 Å². The Kier molecular flexibility index (Phi) is 4.92. The maximum Gasteiger partial charge on any atom is 0.419 e. The fraction of sp³-hybridized carbons (Fsp3) is 0.429. The second-order valence-corrected chi connectivity index (χ2v) is 6.20. The van der Waals surface area contributed by atoms with Crippen LogP contribution in [0.25, 0.3) is 0 Å². The minimum Gasteiger partial charge on any atom is -0.273 e. The van der Waals surface area contributed by atoms with E-state index in [2.05, 4.69) is 4.98 Å². The number of hydrogen-bond acceptors (Lipinski definition) is 4. The Bertz CT molecular complexity index is 657. The lowest BCUT2D eigenvalue weighted by molar-refractivity contribution is -0.138. The number of aromatic nitrogens is 1. The highest BCUT2D eigenvalue weighted by molar-refractivity contribution is 7.80. The summed E-state index contributed by atoms with van der Waals surface area (Å²) in [6.07, 6.45) is -3.72. The Labute approximate surface area is 131 Å². The highest BCUT2D eigenvalue weighted by Gasteiger charge is 2.37. The van der Waals surface area contributed by atoms with Gasteiger partial charge in [0.05, 0.1) is 22.4 Å². The first-order valence-corrected chi connectivity index (χ1v) is 6.63. The molecule has 1 aromatic rings. The van der Waals surface area contributed by atoms with E-state index < -0.39 is 28.8 Å². The van der Waals surface area contributed by atoms with Crippen LogP contribution in [0.1, 0.15) is 39.0 Å². The molecule has 0 saturated carbocycles. The number of rotatable bonds is 1. The lowest BCUT2D eigenvalue weighted by Gasteiger charge is -2.29. The predicted octanol–water partition coefficient (Wildman–Crippen LogP) is 3.70. The van der Waals surface area contributed by atoms with E-state index >= 15 is 0 Å². The third kappa shape index (κ3) is 3.80. The van der Waals surface area contributed by atoms with Crippen molar-refractivity contribution in [3.8, 4) is 6.07 Å². The van der Waals surface area contributed by atoms with Crippen LogP contribution in [0.4, 0.5) is 18.9 Å². The SMILES string of the molecule is CC(=S)N(C(=O)C(C)(C)C)c1cnc(C#N)c(C(F)(F)F)c1. The molecule has 1 amide bonds. The van der Waals surface area contributed by atoms with Gasteiger partial charge in [0.2, 0.25) is 5.91 Å². The van der Waals surface area contributed by atoms with E-state index in [0.717, 1.165) is 11.1 Å². The summed E-state index contributed by atoms with van der Waals surface area (Å²) in [5.41, 5.74) is -2.90. The van der Waals surface area contributed by atoms with Gasteiger partial charge in [-0.1, -0.05) is 33.0 Å². The van der Waals surface area contributed by atoms with Crippen molar-refractivity contribution in [1.29, 1.82) is 5.26 Å². The van der Waals surface area contributed by atoms with Crippen molar-refractivity contribution in [2.75, 3.05) is 4.90 Å². The van der Waals surface area contributed by atoms with Crippen molar-refractivity contribution in [3.05, 3.63) is 23.5 Å². The summed E-state index contributed by atoms with van der Waals surface area (Å²) in [7, 11) is 0. The quantitative estimate of drug-likeness (QED) is 0.737. The van der Waals surface area contributed by atoms with E-state index in [0.29, 0.717) is 6.07 Å². The van der Waals surface area contributed by atoms with Crippen LogP contribution in [0.15, 0.2) is 12.3 Å². The zero-order valence-corrected chi connectivity index (χ0v) is 13.3. The number of hydrogen-bond donors (Lipinski definition) is 0. The third-order valence-electron chi connectivity index (χ3n) is 2.70. The Balaban J connectivity index is 3.50. The van der Waals surface area contributed by atoms with E-state index in [1.165, 1.54) is 13.0 Å². The van der Waals surface area contributed by atoms with Gasteiger partial charge in [0.15, 0.2) is 5.69 Å². The first-order valence-electron chi connectivity index (χ1n) is 6.22. The standard InChI is InChI=1S/C14H14F3N3OS/c1-8(22)20(12(21)13(2,3)4)9-5-10(14(15,16)17)11(6-18)19-7-9/h5,7H,1-4H3. The summed E-state index contributed by atoms with van der Waals surface area (Å²) in [6.45, 7) is 6.32. The number of halogens is 3. The van der Waals surface area contributed by atoms with Crippen LogP contribution in [0.5, 0.6) is 0 Å². The number of carbonyl (C=O) groups excluding carboxylic acids is 1. The molecule has 1 heterocycles. The summed E-state index contributed by atoms with van der Waals surface area (Å²) >= 11 is 4.97. The van der Waals surface area contributed by atoms with Crippen molar-refractivity contribution < 1.29 is 18.0 Å². The molecule has 1 rings (SSSR count). The van der Waals surface area contributed by atoms with Crippen LogP contribution in [0.3, 0.4) is 0 Å². The van der Waals surface area contributed by atoms with Gasteiger partial charge in [-0.15, -0.1) is 0 Å². The average molecular weight is 329 g/mol. The largest absolute Gasteiger partial charge is 0.419 e. The number of pyridine rings is 1. The first-order chi connectivity index (χ1) is 9.89. The maximum atomic E-state index is 13.0. The van der Waals surface area contributed by atoms with Gasteiger partial charge in [0.25, 0.3) is 0 Å². The van der Waals surface area contributed by atoms with E-state index in [-0.39, 0.29) is 10.7 Å². The molecule has 1 aromatic heterocycles. The van der Waals surface area contributed by atoms with Gasteiger partial charge in [-0.2, -0.15) is 18.4 Å². The third-order valence-corrected chi connectivity index (χ3v) is 2.88. The second kappa shape index (κ2) is 6.01. The number of nitrogens with zero attached hydrogens (tertiary/aromatic N) is 3. The van der Waals surface area contributed by atoms with Gasteiger partial charge in [0, 0.05) is 5.41 Å². The molecular weight excluding hydrogens is 315 g/mol. The zero-order valence-electron chi connectivity index (χ0n) is 12.4. The Hall–Kier alpha value is -2.01. The first kappa shape index (κ1) is 18.0. The molecule has 0 fully saturated rings. The molecule has 0 aliphatic heterocycles. The topological polar surface area (TPSA) is 57.0 Å². The Morgan fingerprint density at radius 1 is 1.36 bits per heavy atom. The molecule has 0 spiro atoms. The molecule has 0 aromatic carbocycles. The van der Waals surface area contributed by atoms with Crippen LogP contribution in [-0.4, -0.2) is 15.9 Å². The molecule has 8 heteroatoms. The summed E-state index contributed by atoms with van der Waals surface area (Å²) in [4.78, 5) is 17.0. The molecule has 0 unspecified atom stereocenters. The smallest absolute Gasteiger partial charge is 0.273 e. The predicted molar refractivity (Wildman–Crippen MR) is 79.2 cm³/mol. The van der Waals surface area contributed by atoms with Crippen LogP contribution < -0.4 is 4.90 Å². The summed E-state index contributed by atoms with van der Waals surface area (Å²) < 4.78 is 39.0. The summed E-state index contributed by atoms with van der Waals surface area (Å²) in [5, 5.41) is 8.74. The molecule has 0 N–H and O–H groups in total. The number of anilines is 1. The monoisotopic (exact) mass is 329 g/mol. The molecule has 118 valence electrons. The molecule has 4 nitrogen and oxygen atoms in total. The van der Waals surface area contributed by atoms with Crippen LogP contribution in [-0.2, 0) is 11.0 Å². The molecule has 0 saturated heterocycles. The number of thiocarbonyl (C=S) groups is 1. The zero-order chi connectivity index (χ0) is 17.3.